The molecule has 2 aromatic rings. The van der Waals surface area contributed by atoms with Gasteiger partial charge in [0, 0.05) is 18.6 Å². The van der Waals surface area contributed by atoms with Crippen molar-refractivity contribution in [3.8, 4) is 0 Å². The summed E-state index contributed by atoms with van der Waals surface area (Å²) in [5.41, 5.74) is 2.43. The third-order valence-corrected chi connectivity index (χ3v) is 1.58. The van der Waals surface area contributed by atoms with E-state index in [-0.39, 0.29) is 0 Å². The Morgan fingerprint density at radius 2 is 2.00 bits per heavy atom. The van der Waals surface area contributed by atoms with E-state index in [1.54, 1.807) is 24.7 Å². The van der Waals surface area contributed by atoms with Gasteiger partial charge in [-0.2, -0.15) is 0 Å². The molecule has 0 radical (unpaired) electrons. The van der Waals surface area contributed by atoms with Crippen LogP contribution in [0.25, 0.3) is 17.2 Å². The second-order valence-corrected chi connectivity index (χ2v) is 2.37. The molecule has 0 fully saturated rings. The lowest BCUT2D eigenvalue weighted by atomic mass is 10.3. The van der Waals surface area contributed by atoms with Gasteiger partial charge in [0.25, 0.3) is 0 Å². The van der Waals surface area contributed by atoms with Crippen LogP contribution in [0.5, 0.6) is 0 Å². The molecule has 0 amide bonds. The first-order chi connectivity index (χ1) is 5.90. The van der Waals surface area contributed by atoms with E-state index in [1.807, 2.05) is 6.07 Å². The molecule has 0 bridgehead atoms. The highest BCUT2D eigenvalue weighted by molar-refractivity contribution is 5.72. The Kier molecular flexibility index (Phi) is 1.55. The molecule has 0 N–H and O–H groups in total. The molecule has 2 rings (SSSR count). The first kappa shape index (κ1) is 6.91. The van der Waals surface area contributed by atoms with Crippen LogP contribution in [0.4, 0.5) is 0 Å². The molecule has 12 heavy (non-hydrogen) atoms. The van der Waals surface area contributed by atoms with Gasteiger partial charge in [0.2, 0.25) is 0 Å². The van der Waals surface area contributed by atoms with Crippen LogP contribution >= 0.6 is 0 Å². The van der Waals surface area contributed by atoms with Crippen LogP contribution in [0.3, 0.4) is 0 Å². The first-order valence-electron chi connectivity index (χ1n) is 3.59. The van der Waals surface area contributed by atoms with Gasteiger partial charge in [-0.3, -0.25) is 4.98 Å². The quantitative estimate of drug-likeness (QED) is 0.632. The zero-order valence-electron chi connectivity index (χ0n) is 6.44. The highest BCUT2D eigenvalue weighted by Gasteiger charge is 1.95. The fraction of sp³-hybridized carbons (Fsp3) is 0. The summed E-state index contributed by atoms with van der Waals surface area (Å²) in [7, 11) is 0. The standard InChI is InChI=1S/C9H7N3/c1-2-7-5-8-9(12-6-7)11-4-3-10-8/h2-6H,1H2. The van der Waals surface area contributed by atoms with E-state index in [9.17, 15) is 0 Å². The predicted octanol–water partition coefficient (Wildman–Crippen LogP) is 1.67. The van der Waals surface area contributed by atoms with Gasteiger partial charge in [0.15, 0.2) is 5.65 Å². The van der Waals surface area contributed by atoms with Gasteiger partial charge in [-0.05, 0) is 11.6 Å². The molecule has 0 aliphatic rings. The topological polar surface area (TPSA) is 38.7 Å². The van der Waals surface area contributed by atoms with Gasteiger partial charge in [-0.1, -0.05) is 12.7 Å². The summed E-state index contributed by atoms with van der Waals surface area (Å²) in [6.07, 6.45) is 6.74. The second-order valence-electron chi connectivity index (χ2n) is 2.37. The van der Waals surface area contributed by atoms with Crippen molar-refractivity contribution in [1.29, 1.82) is 0 Å². The third-order valence-electron chi connectivity index (χ3n) is 1.58. The minimum Gasteiger partial charge on any atom is -0.251 e. The fourth-order valence-corrected chi connectivity index (χ4v) is 0.985. The number of hydrogen-bond donors (Lipinski definition) is 0. The van der Waals surface area contributed by atoms with Crippen molar-refractivity contribution in [3.05, 3.63) is 36.8 Å². The Hall–Kier alpha value is -1.77. The molecule has 2 aromatic heterocycles. The molecule has 0 aliphatic carbocycles. The normalized spacial score (nSPS) is 10.0. The van der Waals surface area contributed by atoms with E-state index < -0.39 is 0 Å². The zero-order valence-corrected chi connectivity index (χ0v) is 6.44. The smallest absolute Gasteiger partial charge is 0.178 e. The molecule has 0 spiro atoms. The first-order valence-corrected chi connectivity index (χ1v) is 3.59. The van der Waals surface area contributed by atoms with E-state index >= 15 is 0 Å². The van der Waals surface area contributed by atoms with E-state index in [0.29, 0.717) is 5.65 Å². The van der Waals surface area contributed by atoms with Crippen molar-refractivity contribution in [2.24, 2.45) is 0 Å². The molecule has 0 unspecified atom stereocenters. The molecule has 3 heteroatoms. The summed E-state index contributed by atoms with van der Waals surface area (Å²) in [4.78, 5) is 12.3. The Morgan fingerprint density at radius 1 is 1.17 bits per heavy atom. The maximum atomic E-state index is 4.12. The molecule has 0 aliphatic heterocycles. The molecule has 0 atom stereocenters. The monoisotopic (exact) mass is 157 g/mol. The molecule has 0 saturated carbocycles. The lowest BCUT2D eigenvalue weighted by Crippen LogP contribution is -1.86. The van der Waals surface area contributed by atoms with Gasteiger partial charge in [-0.15, -0.1) is 0 Å². The van der Waals surface area contributed by atoms with Crippen molar-refractivity contribution in [3.63, 3.8) is 0 Å². The van der Waals surface area contributed by atoms with Crippen molar-refractivity contribution < 1.29 is 0 Å². The van der Waals surface area contributed by atoms with E-state index in [4.69, 9.17) is 0 Å². The van der Waals surface area contributed by atoms with Crippen molar-refractivity contribution in [1.82, 2.24) is 15.0 Å². The molecule has 0 aromatic carbocycles. The van der Waals surface area contributed by atoms with Crippen LogP contribution in [0.1, 0.15) is 5.56 Å². The zero-order chi connectivity index (χ0) is 8.39. The van der Waals surface area contributed by atoms with Crippen LogP contribution in [0.2, 0.25) is 0 Å². The number of hydrogen-bond acceptors (Lipinski definition) is 3. The summed E-state index contributed by atoms with van der Waals surface area (Å²) in [5.74, 6) is 0. The van der Waals surface area contributed by atoms with Gasteiger partial charge >= 0.3 is 0 Å². The third kappa shape index (κ3) is 1.05. The highest BCUT2D eigenvalue weighted by atomic mass is 14.9. The molecule has 2 heterocycles. The number of nitrogens with zero attached hydrogens (tertiary/aromatic N) is 3. The van der Waals surface area contributed by atoms with E-state index in [0.717, 1.165) is 11.1 Å². The van der Waals surface area contributed by atoms with Crippen LogP contribution in [0, 0.1) is 0 Å². The minimum absolute atomic E-state index is 0.670. The maximum absolute atomic E-state index is 4.12. The largest absolute Gasteiger partial charge is 0.251 e. The molecular weight excluding hydrogens is 150 g/mol. The average molecular weight is 157 g/mol. The lowest BCUT2D eigenvalue weighted by Gasteiger charge is -1.94. The number of rotatable bonds is 1. The second kappa shape index (κ2) is 2.70. The Labute approximate surface area is 69.8 Å². The van der Waals surface area contributed by atoms with Crippen molar-refractivity contribution in [2.45, 2.75) is 0 Å². The molecule has 58 valence electrons. The van der Waals surface area contributed by atoms with Gasteiger partial charge < -0.3 is 0 Å². The Morgan fingerprint density at radius 3 is 2.83 bits per heavy atom. The minimum atomic E-state index is 0.670. The Balaban J connectivity index is 2.75. The van der Waals surface area contributed by atoms with Crippen molar-refractivity contribution in [2.75, 3.05) is 0 Å². The molecule has 3 nitrogen and oxygen atoms in total. The van der Waals surface area contributed by atoms with Gasteiger partial charge in [-0.25, -0.2) is 9.97 Å². The van der Waals surface area contributed by atoms with Crippen molar-refractivity contribution >= 4 is 17.2 Å². The van der Waals surface area contributed by atoms with Crippen LogP contribution in [-0.4, -0.2) is 15.0 Å². The summed E-state index contributed by atoms with van der Waals surface area (Å²) in [6, 6.07) is 1.91. The van der Waals surface area contributed by atoms with Crippen LogP contribution in [0.15, 0.2) is 31.2 Å². The van der Waals surface area contributed by atoms with E-state index in [2.05, 4.69) is 21.5 Å². The van der Waals surface area contributed by atoms with Crippen LogP contribution < -0.4 is 0 Å². The predicted molar refractivity (Wildman–Crippen MR) is 47.4 cm³/mol. The summed E-state index contributed by atoms with van der Waals surface area (Å²) < 4.78 is 0. The van der Waals surface area contributed by atoms with Gasteiger partial charge in [0.05, 0.1) is 0 Å². The number of pyridine rings is 1. The summed E-state index contributed by atoms with van der Waals surface area (Å²) in [5, 5.41) is 0. The number of fused-ring (bicyclic) bond motifs is 1. The SMILES string of the molecule is C=Cc1cnc2nccnc2c1. The number of aromatic nitrogens is 3. The summed E-state index contributed by atoms with van der Waals surface area (Å²) >= 11 is 0. The average Bonchev–Trinajstić information content (AvgIpc) is 2.17. The molecular formula is C9H7N3. The Bertz CT molecular complexity index is 423. The maximum Gasteiger partial charge on any atom is 0.178 e. The lowest BCUT2D eigenvalue weighted by molar-refractivity contribution is 1.22. The molecule has 0 saturated heterocycles. The van der Waals surface area contributed by atoms with Crippen LogP contribution in [-0.2, 0) is 0 Å². The fourth-order valence-electron chi connectivity index (χ4n) is 0.985. The summed E-state index contributed by atoms with van der Waals surface area (Å²) in [6.45, 7) is 3.65. The van der Waals surface area contributed by atoms with Gasteiger partial charge in [0.1, 0.15) is 5.52 Å². The highest BCUT2D eigenvalue weighted by Crippen LogP contribution is 2.07. The van der Waals surface area contributed by atoms with E-state index in [1.165, 1.54) is 0 Å².